The molecule has 0 amide bonds. The fourth-order valence-corrected chi connectivity index (χ4v) is 4.18. The van der Waals surface area contributed by atoms with Crippen molar-refractivity contribution in [1.82, 2.24) is 0 Å². The smallest absolute Gasteiger partial charge is 0.338 e. The summed E-state index contributed by atoms with van der Waals surface area (Å²) in [6.45, 7) is 8.38. The average Bonchev–Trinajstić information content (AvgIpc) is 3.20. The Balaban J connectivity index is 1.65. The molecular weight excluding hydrogens is 334 g/mol. The third-order valence-electron chi connectivity index (χ3n) is 5.80. The number of rotatable bonds is 5. The standard InChI is InChI=1S/C20H25NO5/c1-14(25-17(22)15-6-8-16(9-7-15)21(23)24)10-13-20-18(2,3)11-5-12-19(20,4)26-20/h6-10,13-14H,5,11-12H2,1-4H3/t14-,19-,20+/m0/s1. The van der Waals surface area contributed by atoms with Crippen molar-refractivity contribution < 1.29 is 19.2 Å². The molecule has 0 radical (unpaired) electrons. The van der Waals surface area contributed by atoms with Gasteiger partial charge in [-0.1, -0.05) is 13.8 Å². The highest BCUT2D eigenvalue weighted by atomic mass is 16.6. The lowest BCUT2D eigenvalue weighted by atomic mass is 9.64. The summed E-state index contributed by atoms with van der Waals surface area (Å²) in [6, 6.07) is 5.40. The summed E-state index contributed by atoms with van der Waals surface area (Å²) in [6.07, 6.45) is 6.81. The summed E-state index contributed by atoms with van der Waals surface area (Å²) in [5.41, 5.74) is -0.157. The molecule has 26 heavy (non-hydrogen) atoms. The van der Waals surface area contributed by atoms with Gasteiger partial charge in [0.15, 0.2) is 0 Å². The Morgan fingerprint density at radius 1 is 1.27 bits per heavy atom. The van der Waals surface area contributed by atoms with Crippen molar-refractivity contribution in [2.24, 2.45) is 5.41 Å². The number of hydrogen-bond donors (Lipinski definition) is 0. The zero-order valence-corrected chi connectivity index (χ0v) is 15.7. The molecule has 1 heterocycles. The van der Waals surface area contributed by atoms with Gasteiger partial charge < -0.3 is 9.47 Å². The number of non-ortho nitro benzene ring substituents is 1. The summed E-state index contributed by atoms with van der Waals surface area (Å²) in [7, 11) is 0. The monoisotopic (exact) mass is 359 g/mol. The Morgan fingerprint density at radius 2 is 1.92 bits per heavy atom. The molecule has 1 aliphatic carbocycles. The van der Waals surface area contributed by atoms with Crippen molar-refractivity contribution in [2.75, 3.05) is 0 Å². The minimum absolute atomic E-state index is 0.0403. The van der Waals surface area contributed by atoms with E-state index in [9.17, 15) is 14.9 Å². The Kier molecular flexibility index (Phi) is 4.43. The van der Waals surface area contributed by atoms with Crippen LogP contribution in [-0.4, -0.2) is 28.2 Å². The van der Waals surface area contributed by atoms with Gasteiger partial charge in [0.2, 0.25) is 0 Å². The molecular formula is C20H25NO5. The number of nitro benzene ring substituents is 1. The van der Waals surface area contributed by atoms with Crippen molar-refractivity contribution in [3.63, 3.8) is 0 Å². The van der Waals surface area contributed by atoms with Crippen molar-refractivity contribution in [3.05, 3.63) is 52.1 Å². The van der Waals surface area contributed by atoms with E-state index < -0.39 is 17.0 Å². The summed E-state index contributed by atoms with van der Waals surface area (Å²) >= 11 is 0. The molecule has 2 aliphatic rings. The second-order valence-electron chi connectivity index (χ2n) is 8.08. The van der Waals surface area contributed by atoms with E-state index in [1.807, 2.05) is 6.08 Å². The third-order valence-corrected chi connectivity index (χ3v) is 5.80. The third kappa shape index (κ3) is 3.03. The lowest BCUT2D eigenvalue weighted by Crippen LogP contribution is -2.41. The number of ether oxygens (including phenoxy) is 2. The minimum Gasteiger partial charge on any atom is -0.455 e. The number of nitrogens with zero attached hydrogens (tertiary/aromatic N) is 1. The largest absolute Gasteiger partial charge is 0.455 e. The first-order chi connectivity index (χ1) is 12.1. The number of fused-ring (bicyclic) bond motifs is 1. The topological polar surface area (TPSA) is 82.0 Å². The highest BCUT2D eigenvalue weighted by molar-refractivity contribution is 5.89. The van der Waals surface area contributed by atoms with Crippen LogP contribution in [0.4, 0.5) is 5.69 Å². The van der Waals surface area contributed by atoms with Crippen molar-refractivity contribution >= 4 is 11.7 Å². The molecule has 1 saturated carbocycles. The molecule has 0 bridgehead atoms. The van der Waals surface area contributed by atoms with Gasteiger partial charge in [-0.05, 0) is 57.4 Å². The van der Waals surface area contributed by atoms with Gasteiger partial charge in [0.1, 0.15) is 11.7 Å². The highest BCUT2D eigenvalue weighted by Crippen LogP contribution is 2.66. The number of nitro groups is 1. The molecule has 0 unspecified atom stereocenters. The molecule has 1 aromatic rings. The van der Waals surface area contributed by atoms with Gasteiger partial charge in [-0.25, -0.2) is 4.79 Å². The van der Waals surface area contributed by atoms with Crippen LogP contribution in [0.15, 0.2) is 36.4 Å². The Morgan fingerprint density at radius 3 is 2.50 bits per heavy atom. The number of carbonyl (C=O) groups excluding carboxylic acids is 1. The summed E-state index contributed by atoms with van der Waals surface area (Å²) in [4.78, 5) is 22.4. The molecule has 140 valence electrons. The summed E-state index contributed by atoms with van der Waals surface area (Å²) < 4.78 is 11.6. The molecule has 6 nitrogen and oxygen atoms in total. The van der Waals surface area contributed by atoms with E-state index in [1.165, 1.54) is 24.3 Å². The molecule has 3 atom stereocenters. The fraction of sp³-hybridized carbons (Fsp3) is 0.550. The maximum atomic E-state index is 12.2. The number of carbonyl (C=O) groups is 1. The van der Waals surface area contributed by atoms with E-state index >= 15 is 0 Å². The Hall–Kier alpha value is -2.21. The average molecular weight is 359 g/mol. The van der Waals surface area contributed by atoms with Crippen molar-refractivity contribution in [1.29, 1.82) is 0 Å². The molecule has 1 saturated heterocycles. The van der Waals surface area contributed by atoms with E-state index in [-0.39, 0.29) is 22.3 Å². The quantitative estimate of drug-likeness (QED) is 0.255. The normalized spacial score (nSPS) is 30.5. The van der Waals surface area contributed by atoms with Crippen LogP contribution >= 0.6 is 0 Å². The zero-order valence-electron chi connectivity index (χ0n) is 15.7. The van der Waals surface area contributed by atoms with Crippen LogP contribution in [0, 0.1) is 15.5 Å². The summed E-state index contributed by atoms with van der Waals surface area (Å²) in [5.74, 6) is -0.503. The predicted octanol–water partition coefficient (Wildman–Crippen LogP) is 4.43. The molecule has 3 rings (SSSR count). The van der Waals surface area contributed by atoms with Gasteiger partial charge in [-0.15, -0.1) is 0 Å². The van der Waals surface area contributed by atoms with Gasteiger partial charge in [0.25, 0.3) is 5.69 Å². The van der Waals surface area contributed by atoms with Crippen LogP contribution in [-0.2, 0) is 9.47 Å². The second kappa shape index (κ2) is 6.20. The molecule has 0 spiro atoms. The van der Waals surface area contributed by atoms with Gasteiger partial charge in [0.05, 0.1) is 16.1 Å². The predicted molar refractivity (Wildman–Crippen MR) is 97.0 cm³/mol. The molecule has 6 heteroatoms. The van der Waals surface area contributed by atoms with Crippen LogP contribution in [0.25, 0.3) is 0 Å². The minimum atomic E-state index is -0.503. The van der Waals surface area contributed by atoms with Gasteiger partial charge in [-0.3, -0.25) is 10.1 Å². The highest BCUT2D eigenvalue weighted by Gasteiger charge is 2.73. The van der Waals surface area contributed by atoms with Crippen LogP contribution in [0.2, 0.25) is 0 Å². The number of benzene rings is 1. The lowest BCUT2D eigenvalue weighted by molar-refractivity contribution is -0.384. The maximum absolute atomic E-state index is 12.2. The fourth-order valence-electron chi connectivity index (χ4n) is 4.18. The number of esters is 1. The van der Waals surface area contributed by atoms with Crippen molar-refractivity contribution in [2.45, 2.75) is 64.3 Å². The van der Waals surface area contributed by atoms with Crippen LogP contribution in [0.1, 0.15) is 57.3 Å². The first kappa shape index (κ1) is 18.6. The van der Waals surface area contributed by atoms with Gasteiger partial charge in [-0.2, -0.15) is 0 Å². The van der Waals surface area contributed by atoms with E-state index in [4.69, 9.17) is 9.47 Å². The van der Waals surface area contributed by atoms with Crippen molar-refractivity contribution in [3.8, 4) is 0 Å². The second-order valence-corrected chi connectivity index (χ2v) is 8.08. The van der Waals surface area contributed by atoms with E-state index in [0.717, 1.165) is 19.3 Å². The molecule has 0 N–H and O–H groups in total. The molecule has 2 fully saturated rings. The zero-order chi connectivity index (χ0) is 19.2. The van der Waals surface area contributed by atoms with E-state index in [2.05, 4.69) is 26.8 Å². The van der Waals surface area contributed by atoms with Crippen LogP contribution in [0.5, 0.6) is 0 Å². The van der Waals surface area contributed by atoms with Gasteiger partial charge >= 0.3 is 5.97 Å². The lowest BCUT2D eigenvalue weighted by Gasteiger charge is -2.36. The molecule has 1 aromatic carbocycles. The van der Waals surface area contributed by atoms with E-state index in [0.29, 0.717) is 5.56 Å². The molecule has 0 aromatic heterocycles. The van der Waals surface area contributed by atoms with Gasteiger partial charge in [0, 0.05) is 17.5 Å². The summed E-state index contributed by atoms with van der Waals surface area (Å²) in [5, 5.41) is 10.7. The first-order valence-electron chi connectivity index (χ1n) is 8.95. The Bertz CT molecular complexity index is 754. The number of epoxide rings is 1. The molecule has 1 aliphatic heterocycles. The SMILES string of the molecule is C[C@@H](C=C[C@]12O[C@@]1(C)CCCC2(C)C)OC(=O)c1ccc([N+](=O)[O-])cc1. The van der Waals surface area contributed by atoms with Crippen LogP contribution < -0.4 is 0 Å². The van der Waals surface area contributed by atoms with Crippen LogP contribution in [0.3, 0.4) is 0 Å². The first-order valence-corrected chi connectivity index (χ1v) is 8.95. The Labute approximate surface area is 153 Å². The van der Waals surface area contributed by atoms with E-state index in [1.54, 1.807) is 6.92 Å². The maximum Gasteiger partial charge on any atom is 0.338 e. The number of hydrogen-bond acceptors (Lipinski definition) is 5.